The SMILES string of the molecule is C[C@]12CC[C@@H](O)C[C@H]1CC[C@H]1[C@@H]3CC[C@H](C(=O)CO)[C@@]3(C)CC(=O)[C@@H]12. The molecule has 0 heterocycles. The number of Topliss-reactive ketones (excluding diaryl/α,β-unsaturated/α-hetero) is 2. The molecule has 4 fully saturated rings. The van der Waals surface area contributed by atoms with E-state index in [9.17, 15) is 19.8 Å². The van der Waals surface area contributed by atoms with E-state index >= 15 is 0 Å². The Kier molecular flexibility index (Phi) is 4.16. The van der Waals surface area contributed by atoms with Crippen LogP contribution in [0.25, 0.3) is 0 Å². The molecule has 8 atom stereocenters. The molecule has 4 aliphatic carbocycles. The first kappa shape index (κ1) is 17.7. The molecule has 4 nitrogen and oxygen atoms in total. The van der Waals surface area contributed by atoms with E-state index in [1.165, 1.54) is 0 Å². The Hall–Kier alpha value is -0.740. The second-order valence-corrected chi connectivity index (χ2v) is 9.86. The van der Waals surface area contributed by atoms with Gasteiger partial charge in [0.15, 0.2) is 5.78 Å². The van der Waals surface area contributed by atoms with Gasteiger partial charge in [-0.05, 0) is 73.5 Å². The normalized spacial score (nSPS) is 52.2. The van der Waals surface area contributed by atoms with Crippen molar-refractivity contribution in [2.75, 3.05) is 6.61 Å². The summed E-state index contributed by atoms with van der Waals surface area (Å²) in [6.45, 7) is 4.04. The first-order valence-electron chi connectivity index (χ1n) is 10.2. The minimum atomic E-state index is -0.396. The summed E-state index contributed by atoms with van der Waals surface area (Å²) in [5, 5.41) is 19.5. The molecule has 4 saturated carbocycles. The van der Waals surface area contributed by atoms with Crippen molar-refractivity contribution < 1.29 is 19.8 Å². The van der Waals surface area contributed by atoms with Crippen molar-refractivity contribution in [3.8, 4) is 0 Å². The molecule has 2 N–H and O–H groups in total. The van der Waals surface area contributed by atoms with Gasteiger partial charge in [0.05, 0.1) is 6.10 Å². The Morgan fingerprint density at radius 2 is 1.88 bits per heavy atom. The van der Waals surface area contributed by atoms with Crippen LogP contribution < -0.4 is 0 Å². The Morgan fingerprint density at radius 1 is 1.12 bits per heavy atom. The lowest BCUT2D eigenvalue weighted by Crippen LogP contribution is -2.58. The van der Waals surface area contributed by atoms with Gasteiger partial charge in [-0.15, -0.1) is 0 Å². The highest BCUT2D eigenvalue weighted by atomic mass is 16.3. The molecule has 4 rings (SSSR count). The van der Waals surface area contributed by atoms with Crippen molar-refractivity contribution in [3.63, 3.8) is 0 Å². The fourth-order valence-corrected chi connectivity index (χ4v) is 7.69. The molecule has 4 heteroatoms. The molecule has 0 aromatic rings. The van der Waals surface area contributed by atoms with Crippen LogP contribution in [0, 0.1) is 40.4 Å². The molecule has 0 radical (unpaired) electrons. The summed E-state index contributed by atoms with van der Waals surface area (Å²) in [6.07, 6.45) is 6.93. The molecule has 0 unspecified atom stereocenters. The number of aliphatic hydroxyl groups is 2. The van der Waals surface area contributed by atoms with Gasteiger partial charge in [-0.1, -0.05) is 13.8 Å². The standard InChI is InChI=1S/C21H32O4/c1-20-8-7-13(23)9-12(20)3-4-14-15-5-6-16(18(25)11-22)21(15,2)10-17(24)19(14)20/h12-16,19,22-23H,3-11H2,1-2H3/t12-,13-,14+,15+,16-,19-,20+,21+/m1/s1. The summed E-state index contributed by atoms with van der Waals surface area (Å²) in [6, 6.07) is 0. The van der Waals surface area contributed by atoms with Crippen molar-refractivity contribution in [3.05, 3.63) is 0 Å². The van der Waals surface area contributed by atoms with E-state index in [0.717, 1.165) is 44.9 Å². The quantitative estimate of drug-likeness (QED) is 0.805. The monoisotopic (exact) mass is 348 g/mol. The molecule has 0 aromatic heterocycles. The second kappa shape index (κ2) is 5.88. The fraction of sp³-hybridized carbons (Fsp3) is 0.905. The van der Waals surface area contributed by atoms with E-state index in [1.54, 1.807) is 0 Å². The van der Waals surface area contributed by atoms with E-state index < -0.39 is 6.61 Å². The summed E-state index contributed by atoms with van der Waals surface area (Å²) in [5.41, 5.74) is -0.227. The second-order valence-electron chi connectivity index (χ2n) is 9.86. The smallest absolute Gasteiger partial charge is 0.161 e. The van der Waals surface area contributed by atoms with E-state index in [1.807, 2.05) is 0 Å². The van der Waals surface area contributed by atoms with E-state index in [4.69, 9.17) is 0 Å². The van der Waals surface area contributed by atoms with Crippen LogP contribution in [0.2, 0.25) is 0 Å². The molecule has 140 valence electrons. The zero-order valence-corrected chi connectivity index (χ0v) is 15.5. The zero-order chi connectivity index (χ0) is 18.0. The van der Waals surface area contributed by atoms with Crippen LogP contribution in [0.15, 0.2) is 0 Å². The van der Waals surface area contributed by atoms with Gasteiger partial charge in [0, 0.05) is 18.3 Å². The third-order valence-electron chi connectivity index (χ3n) is 8.87. The highest BCUT2D eigenvalue weighted by Gasteiger charge is 2.63. The predicted molar refractivity (Wildman–Crippen MR) is 93.7 cm³/mol. The average molecular weight is 348 g/mol. The molecular weight excluding hydrogens is 316 g/mol. The largest absolute Gasteiger partial charge is 0.393 e. The Bertz CT molecular complexity index is 586. The molecule has 25 heavy (non-hydrogen) atoms. The fourth-order valence-electron chi connectivity index (χ4n) is 7.69. The van der Waals surface area contributed by atoms with Gasteiger partial charge in [0.25, 0.3) is 0 Å². The first-order valence-corrected chi connectivity index (χ1v) is 10.2. The summed E-state index contributed by atoms with van der Waals surface area (Å²) < 4.78 is 0. The van der Waals surface area contributed by atoms with Gasteiger partial charge in [0.1, 0.15) is 12.4 Å². The lowest BCUT2D eigenvalue weighted by atomic mass is 9.44. The number of hydrogen-bond donors (Lipinski definition) is 2. The van der Waals surface area contributed by atoms with Crippen LogP contribution in [0.4, 0.5) is 0 Å². The predicted octanol–water partition coefficient (Wildman–Crippen LogP) is 2.75. The third kappa shape index (κ3) is 2.39. The van der Waals surface area contributed by atoms with Crippen LogP contribution >= 0.6 is 0 Å². The van der Waals surface area contributed by atoms with Gasteiger partial charge in [0.2, 0.25) is 0 Å². The van der Waals surface area contributed by atoms with Gasteiger partial charge < -0.3 is 10.2 Å². The molecule has 0 saturated heterocycles. The number of fused-ring (bicyclic) bond motifs is 5. The Labute approximate surface area is 150 Å². The van der Waals surface area contributed by atoms with E-state index in [2.05, 4.69) is 13.8 Å². The Balaban J connectivity index is 1.66. The molecule has 0 aliphatic heterocycles. The lowest BCUT2D eigenvalue weighted by Gasteiger charge is -2.59. The number of carbonyl (C=O) groups excluding carboxylic acids is 2. The van der Waals surface area contributed by atoms with Crippen LogP contribution in [-0.4, -0.2) is 34.5 Å². The molecule has 0 bridgehead atoms. The van der Waals surface area contributed by atoms with Crippen molar-refractivity contribution >= 4 is 11.6 Å². The topological polar surface area (TPSA) is 74.6 Å². The van der Waals surface area contributed by atoms with E-state index in [-0.39, 0.29) is 34.6 Å². The molecule has 4 aliphatic rings. The number of ketones is 2. The van der Waals surface area contributed by atoms with Crippen molar-refractivity contribution in [2.24, 2.45) is 40.4 Å². The maximum atomic E-state index is 13.3. The summed E-state index contributed by atoms with van der Waals surface area (Å²) in [5.74, 6) is 1.52. The summed E-state index contributed by atoms with van der Waals surface area (Å²) in [4.78, 5) is 25.6. The van der Waals surface area contributed by atoms with Crippen molar-refractivity contribution in [2.45, 2.75) is 71.3 Å². The van der Waals surface area contributed by atoms with Gasteiger partial charge in [-0.25, -0.2) is 0 Å². The third-order valence-corrected chi connectivity index (χ3v) is 8.87. The molecule has 0 amide bonds. The van der Waals surface area contributed by atoms with Crippen LogP contribution in [-0.2, 0) is 9.59 Å². The molecule has 0 aromatic carbocycles. The number of rotatable bonds is 2. The zero-order valence-electron chi connectivity index (χ0n) is 15.5. The lowest BCUT2D eigenvalue weighted by molar-refractivity contribution is -0.162. The Morgan fingerprint density at radius 3 is 2.60 bits per heavy atom. The molecular formula is C21H32O4. The average Bonchev–Trinajstić information content (AvgIpc) is 2.91. The minimum Gasteiger partial charge on any atom is -0.393 e. The maximum Gasteiger partial charge on any atom is 0.161 e. The highest BCUT2D eigenvalue weighted by Crippen LogP contribution is 2.66. The number of aliphatic hydroxyl groups excluding tert-OH is 2. The number of hydrogen-bond acceptors (Lipinski definition) is 4. The summed E-state index contributed by atoms with van der Waals surface area (Å²) >= 11 is 0. The van der Waals surface area contributed by atoms with Gasteiger partial charge >= 0.3 is 0 Å². The first-order chi connectivity index (χ1) is 11.8. The molecule has 0 spiro atoms. The van der Waals surface area contributed by atoms with Crippen molar-refractivity contribution in [1.29, 1.82) is 0 Å². The van der Waals surface area contributed by atoms with Crippen LogP contribution in [0.1, 0.15) is 65.2 Å². The summed E-state index contributed by atoms with van der Waals surface area (Å²) in [7, 11) is 0. The minimum absolute atomic E-state index is 0.0274. The van der Waals surface area contributed by atoms with Gasteiger partial charge in [-0.3, -0.25) is 9.59 Å². The van der Waals surface area contributed by atoms with E-state index in [0.29, 0.717) is 30.0 Å². The van der Waals surface area contributed by atoms with Crippen LogP contribution in [0.5, 0.6) is 0 Å². The van der Waals surface area contributed by atoms with Crippen LogP contribution in [0.3, 0.4) is 0 Å². The highest BCUT2D eigenvalue weighted by molar-refractivity contribution is 5.88. The maximum absolute atomic E-state index is 13.3. The van der Waals surface area contributed by atoms with Gasteiger partial charge in [-0.2, -0.15) is 0 Å². The number of carbonyl (C=O) groups is 2. The van der Waals surface area contributed by atoms with Crippen molar-refractivity contribution in [1.82, 2.24) is 0 Å².